The molecule has 2 nitrogen and oxygen atoms in total. The molecular weight excluding hydrogens is 210 g/mol. The molecule has 0 radical (unpaired) electrons. The van der Waals surface area contributed by atoms with Crippen molar-refractivity contribution in [2.24, 2.45) is 0 Å². The minimum atomic E-state index is 0.740. The van der Waals surface area contributed by atoms with Crippen LogP contribution in [0.3, 0.4) is 0 Å². The molecule has 2 rings (SSSR count). The molecular formula is C12H12ClNO. The number of benzene rings is 1. The van der Waals surface area contributed by atoms with E-state index in [1.165, 1.54) is 0 Å². The zero-order chi connectivity index (χ0) is 10.7. The molecule has 2 aromatic rings. The third-order valence-corrected chi connectivity index (χ3v) is 2.66. The number of aromatic nitrogens is 1. The predicted molar refractivity (Wildman–Crippen MR) is 61.6 cm³/mol. The van der Waals surface area contributed by atoms with Gasteiger partial charge in [0.2, 0.25) is 0 Å². The van der Waals surface area contributed by atoms with Crippen molar-refractivity contribution in [1.82, 2.24) is 4.98 Å². The van der Waals surface area contributed by atoms with Gasteiger partial charge in [0.05, 0.1) is 7.11 Å². The van der Waals surface area contributed by atoms with Gasteiger partial charge in [0.25, 0.3) is 0 Å². The van der Waals surface area contributed by atoms with Gasteiger partial charge in [0.15, 0.2) is 0 Å². The maximum absolute atomic E-state index is 6.13. The minimum absolute atomic E-state index is 0.740. The summed E-state index contributed by atoms with van der Waals surface area (Å²) in [5.41, 5.74) is 2.25. The zero-order valence-electron chi connectivity index (χ0n) is 8.46. The van der Waals surface area contributed by atoms with Crippen LogP contribution in [0.4, 0.5) is 0 Å². The smallest absolute Gasteiger partial charge is 0.120 e. The number of hydrogen-bond acceptors (Lipinski definition) is 1. The second-order valence-corrected chi connectivity index (χ2v) is 3.74. The number of hydrogen-bond donors (Lipinski definition) is 1. The molecule has 0 saturated carbocycles. The Labute approximate surface area is 93.8 Å². The Bertz CT molecular complexity index is 437. The molecule has 0 atom stereocenters. The molecule has 0 amide bonds. The van der Waals surface area contributed by atoms with Gasteiger partial charge in [-0.05, 0) is 29.8 Å². The number of ether oxygens (including phenoxy) is 1. The highest BCUT2D eigenvalue weighted by Gasteiger charge is 2.03. The van der Waals surface area contributed by atoms with Crippen LogP contribution in [0.5, 0.6) is 5.75 Å². The first-order chi connectivity index (χ1) is 7.29. The van der Waals surface area contributed by atoms with Crippen molar-refractivity contribution in [3.8, 4) is 5.75 Å². The van der Waals surface area contributed by atoms with Gasteiger partial charge in [-0.3, -0.25) is 0 Å². The highest BCUT2D eigenvalue weighted by Crippen LogP contribution is 2.24. The van der Waals surface area contributed by atoms with Crippen molar-refractivity contribution in [3.05, 3.63) is 52.8 Å². The number of methoxy groups -OCH3 is 1. The standard InChI is InChI=1S/C12H12ClNO/c1-15-11-5-4-9(12(13)8-11)7-10-3-2-6-14-10/h2-6,8,14H,7H2,1H3. The van der Waals surface area contributed by atoms with E-state index in [-0.39, 0.29) is 0 Å². The van der Waals surface area contributed by atoms with E-state index in [0.717, 1.165) is 28.5 Å². The fraction of sp³-hybridized carbons (Fsp3) is 0.167. The van der Waals surface area contributed by atoms with E-state index in [0.29, 0.717) is 0 Å². The van der Waals surface area contributed by atoms with Gasteiger partial charge >= 0.3 is 0 Å². The quantitative estimate of drug-likeness (QED) is 0.846. The molecule has 0 aliphatic carbocycles. The Morgan fingerprint density at radius 3 is 2.80 bits per heavy atom. The molecule has 0 aliphatic heterocycles. The van der Waals surface area contributed by atoms with Gasteiger partial charge in [0, 0.05) is 23.3 Å². The Balaban J connectivity index is 2.22. The lowest BCUT2D eigenvalue weighted by Crippen LogP contribution is -1.90. The van der Waals surface area contributed by atoms with Crippen molar-refractivity contribution in [3.63, 3.8) is 0 Å². The van der Waals surface area contributed by atoms with E-state index < -0.39 is 0 Å². The van der Waals surface area contributed by atoms with E-state index in [1.54, 1.807) is 7.11 Å². The SMILES string of the molecule is COc1ccc(Cc2ccc[nH]2)c(Cl)c1. The van der Waals surface area contributed by atoms with Crippen molar-refractivity contribution in [1.29, 1.82) is 0 Å². The summed E-state index contributed by atoms with van der Waals surface area (Å²) in [5, 5.41) is 0.740. The molecule has 15 heavy (non-hydrogen) atoms. The number of rotatable bonds is 3. The Kier molecular flexibility index (Phi) is 2.97. The van der Waals surface area contributed by atoms with Crippen molar-refractivity contribution in [2.75, 3.05) is 7.11 Å². The second-order valence-electron chi connectivity index (χ2n) is 3.33. The molecule has 1 heterocycles. The summed E-state index contributed by atoms with van der Waals surface area (Å²) in [6, 6.07) is 9.76. The van der Waals surface area contributed by atoms with Crippen LogP contribution < -0.4 is 4.74 Å². The number of aromatic amines is 1. The highest BCUT2D eigenvalue weighted by atomic mass is 35.5. The molecule has 1 aromatic heterocycles. The van der Waals surface area contributed by atoms with Crippen molar-refractivity contribution in [2.45, 2.75) is 6.42 Å². The molecule has 0 saturated heterocycles. The van der Waals surface area contributed by atoms with Crippen LogP contribution in [0, 0.1) is 0 Å². The first kappa shape index (κ1) is 10.1. The average molecular weight is 222 g/mol. The highest BCUT2D eigenvalue weighted by molar-refractivity contribution is 6.31. The van der Waals surface area contributed by atoms with Crippen LogP contribution in [-0.2, 0) is 6.42 Å². The fourth-order valence-electron chi connectivity index (χ4n) is 1.48. The molecule has 1 aromatic carbocycles. The molecule has 0 unspecified atom stereocenters. The number of halogens is 1. The topological polar surface area (TPSA) is 25.0 Å². The van der Waals surface area contributed by atoms with Crippen LogP contribution in [0.1, 0.15) is 11.3 Å². The fourth-order valence-corrected chi connectivity index (χ4v) is 1.72. The third-order valence-electron chi connectivity index (χ3n) is 2.30. The van der Waals surface area contributed by atoms with Crippen LogP contribution in [-0.4, -0.2) is 12.1 Å². The van der Waals surface area contributed by atoms with Gasteiger partial charge in [0.1, 0.15) is 5.75 Å². The Morgan fingerprint density at radius 2 is 2.20 bits per heavy atom. The first-order valence-corrected chi connectivity index (χ1v) is 5.12. The molecule has 78 valence electrons. The second kappa shape index (κ2) is 4.41. The average Bonchev–Trinajstić information content (AvgIpc) is 2.74. The Hall–Kier alpha value is -1.41. The van der Waals surface area contributed by atoms with Crippen molar-refractivity contribution < 1.29 is 4.74 Å². The maximum Gasteiger partial charge on any atom is 0.120 e. The van der Waals surface area contributed by atoms with E-state index in [1.807, 2.05) is 36.5 Å². The van der Waals surface area contributed by atoms with Gasteiger partial charge in [-0.1, -0.05) is 17.7 Å². The lowest BCUT2D eigenvalue weighted by molar-refractivity contribution is 0.414. The summed E-state index contributed by atoms with van der Waals surface area (Å²) in [4.78, 5) is 3.15. The van der Waals surface area contributed by atoms with Crippen LogP contribution >= 0.6 is 11.6 Å². The van der Waals surface area contributed by atoms with E-state index in [4.69, 9.17) is 16.3 Å². The molecule has 3 heteroatoms. The summed E-state index contributed by atoms with van der Waals surface area (Å²) in [7, 11) is 1.64. The molecule has 1 N–H and O–H groups in total. The van der Waals surface area contributed by atoms with Crippen molar-refractivity contribution >= 4 is 11.6 Å². The van der Waals surface area contributed by atoms with Gasteiger partial charge in [-0.2, -0.15) is 0 Å². The van der Waals surface area contributed by atoms with E-state index in [2.05, 4.69) is 4.98 Å². The molecule has 0 fully saturated rings. The van der Waals surface area contributed by atoms with Gasteiger partial charge in [-0.15, -0.1) is 0 Å². The molecule has 0 bridgehead atoms. The lowest BCUT2D eigenvalue weighted by Gasteiger charge is -2.05. The van der Waals surface area contributed by atoms with Gasteiger partial charge in [-0.25, -0.2) is 0 Å². The summed E-state index contributed by atoms with van der Waals surface area (Å²) in [6.07, 6.45) is 2.72. The zero-order valence-corrected chi connectivity index (χ0v) is 9.21. The monoisotopic (exact) mass is 221 g/mol. The normalized spacial score (nSPS) is 10.3. The third kappa shape index (κ3) is 2.34. The largest absolute Gasteiger partial charge is 0.497 e. The summed E-state index contributed by atoms with van der Waals surface area (Å²) >= 11 is 6.13. The summed E-state index contributed by atoms with van der Waals surface area (Å²) in [6.45, 7) is 0. The van der Waals surface area contributed by atoms with Crippen LogP contribution in [0.15, 0.2) is 36.5 Å². The number of H-pyrrole nitrogens is 1. The van der Waals surface area contributed by atoms with Gasteiger partial charge < -0.3 is 9.72 Å². The van der Waals surface area contributed by atoms with Crippen LogP contribution in [0.25, 0.3) is 0 Å². The first-order valence-electron chi connectivity index (χ1n) is 4.74. The number of nitrogens with one attached hydrogen (secondary N) is 1. The minimum Gasteiger partial charge on any atom is -0.497 e. The summed E-state index contributed by atoms with van der Waals surface area (Å²) in [5.74, 6) is 0.787. The Morgan fingerprint density at radius 1 is 1.33 bits per heavy atom. The predicted octanol–water partition coefficient (Wildman–Crippen LogP) is 3.27. The van der Waals surface area contributed by atoms with E-state index >= 15 is 0 Å². The maximum atomic E-state index is 6.13. The molecule has 0 aliphatic rings. The summed E-state index contributed by atoms with van der Waals surface area (Å²) < 4.78 is 5.09. The van der Waals surface area contributed by atoms with E-state index in [9.17, 15) is 0 Å². The lowest BCUT2D eigenvalue weighted by atomic mass is 10.1. The van der Waals surface area contributed by atoms with Crippen LogP contribution in [0.2, 0.25) is 5.02 Å². The molecule has 0 spiro atoms.